The van der Waals surface area contributed by atoms with Crippen LogP contribution in [0.15, 0.2) is 112 Å². The summed E-state index contributed by atoms with van der Waals surface area (Å²) in [4.78, 5) is 25.7. The first-order valence-electron chi connectivity index (χ1n) is 15.8. The molecule has 1 amide bonds. The molecule has 0 bridgehead atoms. The number of para-hydroxylation sites is 1. The molecule has 2 N–H and O–H groups in total. The fourth-order valence-electron chi connectivity index (χ4n) is 5.77. The van der Waals surface area contributed by atoms with Crippen molar-refractivity contribution >= 4 is 17.5 Å². The number of hydrogen-bond acceptors (Lipinski definition) is 8. The first-order chi connectivity index (χ1) is 24.0. The van der Waals surface area contributed by atoms with Gasteiger partial charge in [-0.25, -0.2) is 4.99 Å². The van der Waals surface area contributed by atoms with Crippen LogP contribution in [-0.4, -0.2) is 49.3 Å². The Morgan fingerprint density at radius 3 is 2.41 bits per heavy atom. The monoisotopic (exact) mass is 660 g/mol. The van der Waals surface area contributed by atoms with E-state index in [2.05, 4.69) is 25.4 Å². The van der Waals surface area contributed by atoms with Crippen LogP contribution in [0.1, 0.15) is 40.3 Å². The average molecular weight is 661 g/mol. The number of aliphatic imine (C=N–C) groups is 1. The molecule has 49 heavy (non-hydrogen) atoms. The minimum atomic E-state index is -1.58. The van der Waals surface area contributed by atoms with Gasteiger partial charge in [-0.1, -0.05) is 77.0 Å². The lowest BCUT2D eigenvalue weighted by Gasteiger charge is -2.32. The molecule has 2 atom stereocenters. The van der Waals surface area contributed by atoms with Crippen molar-refractivity contribution in [2.45, 2.75) is 37.5 Å². The van der Waals surface area contributed by atoms with Crippen molar-refractivity contribution in [1.82, 2.24) is 5.32 Å². The number of nitrogens with one attached hydrogen (secondary N) is 1. The van der Waals surface area contributed by atoms with Gasteiger partial charge in [-0.15, -0.1) is 0 Å². The van der Waals surface area contributed by atoms with Gasteiger partial charge in [-0.05, 0) is 70.1 Å². The Balaban J connectivity index is 1.61. The molecule has 1 aliphatic heterocycles. The number of aliphatic hydroxyl groups is 1. The molecule has 250 valence electrons. The summed E-state index contributed by atoms with van der Waals surface area (Å²) in [5, 5.41) is 19.9. The summed E-state index contributed by atoms with van der Waals surface area (Å²) in [5.74, 6) is 1.15. The van der Waals surface area contributed by atoms with Crippen LogP contribution in [0.25, 0.3) is 20.9 Å². The molecule has 0 saturated heterocycles. The Morgan fingerprint density at radius 2 is 1.67 bits per heavy atom. The Bertz CT molecular complexity index is 1890. The van der Waals surface area contributed by atoms with Crippen LogP contribution in [0.2, 0.25) is 0 Å². The molecule has 5 rings (SSSR count). The van der Waals surface area contributed by atoms with E-state index in [1.165, 1.54) is 0 Å². The summed E-state index contributed by atoms with van der Waals surface area (Å²) < 4.78 is 17.9. The summed E-state index contributed by atoms with van der Waals surface area (Å²) in [7, 11) is 1.60. The number of aliphatic hydroxyl groups excluding tert-OH is 1. The van der Waals surface area contributed by atoms with Crippen LogP contribution in [0.4, 0.5) is 5.69 Å². The fourth-order valence-corrected chi connectivity index (χ4v) is 5.77. The molecular formula is C36H36N8O5. The Morgan fingerprint density at radius 1 is 0.959 bits per heavy atom. The Labute approximate surface area is 283 Å². The molecule has 1 aliphatic rings. The van der Waals surface area contributed by atoms with Gasteiger partial charge in [-0.2, -0.15) is 0 Å². The summed E-state index contributed by atoms with van der Waals surface area (Å²) in [6, 6.07) is 29.1. The second-order valence-corrected chi connectivity index (χ2v) is 11.2. The molecule has 0 unspecified atom stereocenters. The lowest BCUT2D eigenvalue weighted by molar-refractivity contribution is -0.128. The molecular weight excluding hydrogens is 624 g/mol. The van der Waals surface area contributed by atoms with Crippen LogP contribution in [0, 0.1) is 0 Å². The lowest BCUT2D eigenvalue weighted by Crippen LogP contribution is -2.50. The molecule has 0 radical (unpaired) electrons. The fraction of sp³-hybridized carbons (Fsp3) is 0.278. The highest BCUT2D eigenvalue weighted by Gasteiger charge is 2.54. The molecule has 0 aromatic heterocycles. The lowest BCUT2D eigenvalue weighted by atomic mass is 9.80. The molecule has 13 heteroatoms. The zero-order chi connectivity index (χ0) is 34.5. The number of carbonyl (C=O) groups excluding carboxylic acids is 1. The third-order valence-corrected chi connectivity index (χ3v) is 8.15. The van der Waals surface area contributed by atoms with Crippen molar-refractivity contribution in [1.29, 1.82) is 0 Å². The number of nitrogens with zero attached hydrogens (tertiary/aromatic N) is 7. The van der Waals surface area contributed by atoms with Gasteiger partial charge in [0.2, 0.25) is 5.90 Å². The van der Waals surface area contributed by atoms with Crippen LogP contribution >= 0.6 is 0 Å². The Hall–Kier alpha value is -6.00. The largest absolute Gasteiger partial charge is 0.496 e. The van der Waals surface area contributed by atoms with Gasteiger partial charge in [0.25, 0.3) is 5.91 Å². The summed E-state index contributed by atoms with van der Waals surface area (Å²) in [6.07, 6.45) is 0.0581. The normalized spacial score (nSPS) is 16.4. The number of amides is 1. The SMILES string of the molecule is COc1ccccc1CCNC(=O)[C@]1(Cc2ccccc2N=[N+]=[N-])N=C(c2ccc(OCCCO)cc2)O[C@@H]1c1ccccc1CN=[N+]=[N-]. The summed E-state index contributed by atoms with van der Waals surface area (Å²) >= 11 is 0. The predicted molar refractivity (Wildman–Crippen MR) is 185 cm³/mol. The van der Waals surface area contributed by atoms with E-state index in [9.17, 15) is 10.3 Å². The number of rotatable bonds is 16. The zero-order valence-electron chi connectivity index (χ0n) is 27.0. The molecule has 0 aliphatic carbocycles. The number of carbonyl (C=O) groups is 1. The van der Waals surface area contributed by atoms with Crippen LogP contribution in [-0.2, 0) is 28.9 Å². The molecule has 4 aromatic rings. The van der Waals surface area contributed by atoms with Crippen molar-refractivity contribution in [3.63, 3.8) is 0 Å². The molecule has 0 fully saturated rings. The van der Waals surface area contributed by atoms with E-state index >= 15 is 0 Å². The quantitative estimate of drug-likeness (QED) is 0.0562. The highest BCUT2D eigenvalue weighted by atomic mass is 16.5. The second kappa shape index (κ2) is 16.7. The van der Waals surface area contributed by atoms with Gasteiger partial charge in [0.1, 0.15) is 11.5 Å². The zero-order valence-corrected chi connectivity index (χ0v) is 27.0. The highest BCUT2D eigenvalue weighted by molar-refractivity contribution is 6.01. The first-order valence-corrected chi connectivity index (χ1v) is 15.8. The number of azide groups is 2. The van der Waals surface area contributed by atoms with Gasteiger partial charge < -0.3 is 24.6 Å². The number of benzene rings is 4. The number of methoxy groups -OCH3 is 1. The highest BCUT2D eigenvalue weighted by Crippen LogP contribution is 2.45. The van der Waals surface area contributed by atoms with Gasteiger partial charge in [-0.3, -0.25) is 4.79 Å². The van der Waals surface area contributed by atoms with Crippen molar-refractivity contribution in [2.24, 2.45) is 15.2 Å². The van der Waals surface area contributed by atoms with E-state index in [4.69, 9.17) is 29.8 Å². The topological polar surface area (TPSA) is 187 Å². The van der Waals surface area contributed by atoms with Gasteiger partial charge in [0.05, 0.1) is 20.3 Å². The van der Waals surface area contributed by atoms with E-state index < -0.39 is 17.6 Å². The van der Waals surface area contributed by atoms with Crippen LogP contribution in [0.5, 0.6) is 11.5 Å². The van der Waals surface area contributed by atoms with Gasteiger partial charge >= 0.3 is 0 Å². The Kier molecular flexibility index (Phi) is 11.7. The molecule has 4 aromatic carbocycles. The van der Waals surface area contributed by atoms with Gasteiger partial charge in [0.15, 0.2) is 11.6 Å². The minimum absolute atomic E-state index is 0.0229. The number of hydrogen-bond donors (Lipinski definition) is 2. The third kappa shape index (κ3) is 8.11. The van der Waals surface area contributed by atoms with Crippen molar-refractivity contribution < 1.29 is 24.1 Å². The maximum atomic E-state index is 14.7. The maximum absolute atomic E-state index is 14.7. The molecule has 0 spiro atoms. The second-order valence-electron chi connectivity index (χ2n) is 11.2. The van der Waals surface area contributed by atoms with Crippen LogP contribution < -0.4 is 14.8 Å². The van der Waals surface area contributed by atoms with Crippen molar-refractivity contribution in [2.75, 3.05) is 26.9 Å². The third-order valence-electron chi connectivity index (χ3n) is 8.15. The minimum Gasteiger partial charge on any atom is -0.496 e. The standard InChI is InChI=1S/C36H36N8O5/c1-47-32-14-7-4-9-25(32)19-20-39-35(46)36(23-27-10-3-6-13-31(27)42-44-38)33(30-12-5-2-11-28(30)24-40-43-37)49-34(41-36)26-15-17-29(18-16-26)48-22-8-21-45/h2-7,9-18,33,45H,8,19-24H2,1H3,(H,39,46)/t33-,36-/m1/s1. The van der Waals surface area contributed by atoms with E-state index in [0.29, 0.717) is 58.9 Å². The molecule has 13 nitrogen and oxygen atoms in total. The summed E-state index contributed by atoms with van der Waals surface area (Å²) in [6.45, 7) is 0.691. The van der Waals surface area contributed by atoms with Crippen LogP contribution in [0.3, 0.4) is 0 Å². The van der Waals surface area contributed by atoms with Crippen molar-refractivity contribution in [3.05, 3.63) is 146 Å². The summed E-state index contributed by atoms with van der Waals surface area (Å²) in [5.41, 5.74) is 20.7. The number of ether oxygens (including phenoxy) is 3. The molecule has 0 saturated carbocycles. The van der Waals surface area contributed by atoms with Gasteiger partial charge in [0, 0.05) is 47.1 Å². The predicted octanol–water partition coefficient (Wildman–Crippen LogP) is 7.07. The van der Waals surface area contributed by atoms with E-state index in [1.54, 1.807) is 55.6 Å². The van der Waals surface area contributed by atoms with Crippen molar-refractivity contribution in [3.8, 4) is 11.5 Å². The first kappa shape index (κ1) is 34.3. The smallest absolute Gasteiger partial charge is 0.252 e. The molecule has 1 heterocycles. The van der Waals surface area contributed by atoms with E-state index in [1.807, 2.05) is 48.5 Å². The van der Waals surface area contributed by atoms with E-state index in [-0.39, 0.29) is 32.0 Å². The maximum Gasteiger partial charge on any atom is 0.252 e. The average Bonchev–Trinajstić information content (AvgIpc) is 3.52. The van der Waals surface area contributed by atoms with E-state index in [0.717, 1.165) is 5.56 Å².